The maximum atomic E-state index is 13.0. The van der Waals surface area contributed by atoms with Crippen LogP contribution in [0.1, 0.15) is 60.2 Å². The second kappa shape index (κ2) is 10.4. The van der Waals surface area contributed by atoms with Crippen LogP contribution in [0.3, 0.4) is 0 Å². The number of fused-ring (bicyclic) bond motifs is 2. The number of carboxylic acids is 1. The normalized spacial score (nSPS) is 20.3. The van der Waals surface area contributed by atoms with E-state index in [0.29, 0.717) is 12.3 Å². The Bertz CT molecular complexity index is 1010. The number of aromatic nitrogens is 1. The molecule has 0 atom stereocenters. The lowest BCUT2D eigenvalue weighted by Gasteiger charge is -2.48. The molecule has 2 aromatic rings. The monoisotopic (exact) mass is 493 g/mol. The van der Waals surface area contributed by atoms with Gasteiger partial charge in [-0.05, 0) is 55.8 Å². The number of piperidine rings is 1. The van der Waals surface area contributed by atoms with Gasteiger partial charge >= 0.3 is 12.1 Å². The zero-order chi connectivity index (χ0) is 25.1. The van der Waals surface area contributed by atoms with Gasteiger partial charge in [0.15, 0.2) is 0 Å². The number of alkyl halides is 3. The fraction of sp³-hybridized carbons (Fsp3) is 0.560. The summed E-state index contributed by atoms with van der Waals surface area (Å²) in [5.74, 6) is -1.56. The number of hydrogen-bond donors (Lipinski definition) is 1. The summed E-state index contributed by atoms with van der Waals surface area (Å²) in [4.78, 5) is 26.5. The van der Waals surface area contributed by atoms with Gasteiger partial charge in [-0.1, -0.05) is 42.3 Å². The van der Waals surface area contributed by atoms with Gasteiger partial charge in [0.2, 0.25) is 5.76 Å². The molecule has 0 bridgehead atoms. The van der Waals surface area contributed by atoms with Gasteiger partial charge in [0.05, 0.1) is 6.20 Å². The topological polar surface area (TPSA) is 86.9 Å². The molecule has 7 nitrogen and oxygen atoms in total. The molecule has 35 heavy (non-hydrogen) atoms. The number of carboxylic acid groups (broad SMARTS) is 1. The molecule has 2 aliphatic heterocycles. The third-order valence-electron chi connectivity index (χ3n) is 7.43. The highest BCUT2D eigenvalue weighted by Gasteiger charge is 2.43. The number of carbonyl (C=O) groups excluding carboxylic acids is 1. The van der Waals surface area contributed by atoms with Crippen LogP contribution in [-0.2, 0) is 16.8 Å². The van der Waals surface area contributed by atoms with Crippen molar-refractivity contribution in [1.29, 1.82) is 0 Å². The molecule has 2 fully saturated rings. The molecule has 1 aliphatic carbocycles. The lowest BCUT2D eigenvalue weighted by Crippen LogP contribution is -2.53. The number of amides is 1. The first-order valence-electron chi connectivity index (χ1n) is 12.0. The third-order valence-corrected chi connectivity index (χ3v) is 7.43. The highest BCUT2D eigenvalue weighted by molar-refractivity contribution is 5.91. The van der Waals surface area contributed by atoms with E-state index >= 15 is 0 Å². The SMILES string of the molecule is O=C(O)C(F)(F)F.O=C(c1ccno1)N1Cc2ccccc2C2(CCN(CC3CCCC3)CC2)C1. The van der Waals surface area contributed by atoms with Crippen LogP contribution in [-0.4, -0.2) is 64.3 Å². The molecule has 1 aromatic carbocycles. The van der Waals surface area contributed by atoms with Gasteiger partial charge in [-0.3, -0.25) is 4.79 Å². The van der Waals surface area contributed by atoms with Crippen molar-refractivity contribution >= 4 is 11.9 Å². The molecule has 1 saturated carbocycles. The number of benzene rings is 1. The van der Waals surface area contributed by atoms with Gasteiger partial charge in [-0.2, -0.15) is 13.2 Å². The molecule has 5 rings (SSSR count). The molecule has 1 aromatic heterocycles. The van der Waals surface area contributed by atoms with E-state index in [1.807, 2.05) is 4.90 Å². The van der Waals surface area contributed by atoms with Crippen molar-refractivity contribution in [2.45, 2.75) is 56.7 Å². The van der Waals surface area contributed by atoms with E-state index in [1.165, 1.54) is 43.4 Å². The maximum absolute atomic E-state index is 13.0. The summed E-state index contributed by atoms with van der Waals surface area (Å²) >= 11 is 0. The van der Waals surface area contributed by atoms with Crippen LogP contribution in [0.2, 0.25) is 0 Å². The van der Waals surface area contributed by atoms with Crippen molar-refractivity contribution in [2.24, 2.45) is 5.92 Å². The highest BCUT2D eigenvalue weighted by Crippen LogP contribution is 2.42. The molecule has 1 spiro atoms. The highest BCUT2D eigenvalue weighted by atomic mass is 19.4. The summed E-state index contributed by atoms with van der Waals surface area (Å²) < 4.78 is 36.9. The van der Waals surface area contributed by atoms with Gasteiger partial charge in [0.1, 0.15) is 0 Å². The lowest BCUT2D eigenvalue weighted by molar-refractivity contribution is -0.192. The molecule has 0 radical (unpaired) electrons. The van der Waals surface area contributed by atoms with Gasteiger partial charge in [0, 0.05) is 31.1 Å². The first-order chi connectivity index (χ1) is 16.7. The molecule has 190 valence electrons. The first-order valence-corrected chi connectivity index (χ1v) is 12.0. The van der Waals surface area contributed by atoms with Crippen LogP contribution in [0, 0.1) is 5.92 Å². The minimum atomic E-state index is -5.08. The smallest absolute Gasteiger partial charge is 0.475 e. The van der Waals surface area contributed by atoms with Gasteiger partial charge in [0.25, 0.3) is 5.91 Å². The zero-order valence-corrected chi connectivity index (χ0v) is 19.5. The van der Waals surface area contributed by atoms with E-state index in [1.54, 1.807) is 12.3 Å². The van der Waals surface area contributed by atoms with E-state index in [-0.39, 0.29) is 11.3 Å². The second-order valence-electron chi connectivity index (χ2n) is 9.73. The van der Waals surface area contributed by atoms with E-state index in [2.05, 4.69) is 34.3 Å². The van der Waals surface area contributed by atoms with Crippen LogP contribution in [0.25, 0.3) is 0 Å². The predicted molar refractivity (Wildman–Crippen MR) is 121 cm³/mol. The number of carbonyl (C=O) groups is 2. The minimum absolute atomic E-state index is 0.0419. The summed E-state index contributed by atoms with van der Waals surface area (Å²) in [6, 6.07) is 10.4. The summed E-state index contributed by atoms with van der Waals surface area (Å²) in [6.07, 6.45) is 4.34. The van der Waals surface area contributed by atoms with Crippen molar-refractivity contribution in [1.82, 2.24) is 15.0 Å². The minimum Gasteiger partial charge on any atom is -0.475 e. The maximum Gasteiger partial charge on any atom is 0.490 e. The molecule has 0 unspecified atom stereocenters. The molecule has 1 amide bonds. The Morgan fingerprint density at radius 1 is 1.11 bits per heavy atom. The average molecular weight is 494 g/mol. The first kappa shape index (κ1) is 25.2. The number of nitrogens with zero attached hydrogens (tertiary/aromatic N) is 3. The van der Waals surface area contributed by atoms with E-state index in [9.17, 15) is 18.0 Å². The van der Waals surface area contributed by atoms with Crippen LogP contribution in [0.5, 0.6) is 0 Å². The second-order valence-corrected chi connectivity index (χ2v) is 9.73. The summed E-state index contributed by atoms with van der Waals surface area (Å²) in [5.41, 5.74) is 2.81. The number of rotatable bonds is 3. The number of aliphatic carboxylic acids is 1. The van der Waals surface area contributed by atoms with Crippen molar-refractivity contribution in [3.8, 4) is 0 Å². The summed E-state index contributed by atoms with van der Waals surface area (Å²) in [7, 11) is 0. The lowest BCUT2D eigenvalue weighted by atomic mass is 9.68. The van der Waals surface area contributed by atoms with Gasteiger partial charge in [-0.25, -0.2) is 4.79 Å². The van der Waals surface area contributed by atoms with Crippen molar-refractivity contribution in [2.75, 3.05) is 26.2 Å². The number of likely N-dealkylation sites (tertiary alicyclic amines) is 1. The largest absolute Gasteiger partial charge is 0.490 e. The quantitative estimate of drug-likeness (QED) is 0.678. The Labute approximate surface area is 201 Å². The predicted octanol–water partition coefficient (Wildman–Crippen LogP) is 4.49. The Kier molecular flexibility index (Phi) is 7.49. The zero-order valence-electron chi connectivity index (χ0n) is 19.5. The number of halogens is 3. The fourth-order valence-corrected chi connectivity index (χ4v) is 5.66. The Morgan fingerprint density at radius 2 is 1.77 bits per heavy atom. The van der Waals surface area contributed by atoms with Crippen LogP contribution < -0.4 is 0 Å². The molecule has 1 N–H and O–H groups in total. The van der Waals surface area contributed by atoms with Crippen molar-refractivity contribution < 1.29 is 32.4 Å². The Morgan fingerprint density at radius 3 is 2.37 bits per heavy atom. The van der Waals surface area contributed by atoms with Gasteiger partial charge < -0.3 is 19.4 Å². The van der Waals surface area contributed by atoms with Crippen molar-refractivity contribution in [3.63, 3.8) is 0 Å². The molecule has 1 saturated heterocycles. The van der Waals surface area contributed by atoms with E-state index in [4.69, 9.17) is 14.4 Å². The van der Waals surface area contributed by atoms with Crippen LogP contribution in [0.4, 0.5) is 13.2 Å². The van der Waals surface area contributed by atoms with Crippen molar-refractivity contribution in [3.05, 3.63) is 53.4 Å². The molecule has 10 heteroatoms. The fourth-order valence-electron chi connectivity index (χ4n) is 5.66. The van der Waals surface area contributed by atoms with Gasteiger partial charge in [-0.15, -0.1) is 0 Å². The molecular weight excluding hydrogens is 463 g/mol. The molecular formula is C25H30F3N3O4. The summed E-state index contributed by atoms with van der Waals surface area (Å²) in [6.45, 7) is 4.97. The van der Waals surface area contributed by atoms with Crippen LogP contribution in [0.15, 0.2) is 41.1 Å². The van der Waals surface area contributed by atoms with E-state index in [0.717, 1.165) is 38.4 Å². The average Bonchev–Trinajstić information content (AvgIpc) is 3.55. The van der Waals surface area contributed by atoms with E-state index < -0.39 is 12.1 Å². The van der Waals surface area contributed by atoms with Crippen LogP contribution >= 0.6 is 0 Å². The standard InChI is InChI=1S/C23H29N3O2.C2HF3O2/c27-22(21-9-12-24-28-21)26-16-19-7-3-4-8-20(19)23(17-26)10-13-25(14-11-23)15-18-5-1-2-6-18;3-2(4,5)1(6)7/h3-4,7-9,12,18H,1-2,5-6,10-11,13-17H2;(H,6,7). The third kappa shape index (κ3) is 5.86. The Balaban J connectivity index is 0.000000364. The number of hydrogen-bond acceptors (Lipinski definition) is 5. The summed E-state index contributed by atoms with van der Waals surface area (Å²) in [5, 5.41) is 10.8. The molecule has 3 heterocycles. The Hall–Kier alpha value is -2.88. The molecule has 3 aliphatic rings.